The van der Waals surface area contributed by atoms with E-state index in [-0.39, 0.29) is 0 Å². The summed E-state index contributed by atoms with van der Waals surface area (Å²) in [5.41, 5.74) is 1.62. The van der Waals surface area contributed by atoms with Gasteiger partial charge in [0, 0.05) is 0 Å². The van der Waals surface area contributed by atoms with E-state index < -0.39 is 5.60 Å². The molecule has 0 aromatic heterocycles. The minimum Gasteiger partial charge on any atom is -0.251 e. The molecule has 0 bridgehead atoms. The van der Waals surface area contributed by atoms with Crippen molar-refractivity contribution in [3.63, 3.8) is 0 Å². The Hall–Kier alpha value is -0.860. The molecule has 1 aromatic carbocycles. The van der Waals surface area contributed by atoms with Gasteiger partial charge in [-0.1, -0.05) is 38.1 Å². The molecule has 0 fully saturated rings. The van der Waals surface area contributed by atoms with E-state index in [0.717, 1.165) is 5.56 Å². The van der Waals surface area contributed by atoms with Gasteiger partial charge in [0.1, 0.15) is 5.60 Å². The van der Waals surface area contributed by atoms with Crippen LogP contribution in [0.25, 0.3) is 0 Å². The van der Waals surface area contributed by atoms with Crippen LogP contribution in [0.15, 0.2) is 24.3 Å². The standard InChI is InChI=1S/C12H18O2/c1-9(2)10-7-5-6-8-11(10)12(3,4)14-13/h5-9,13H,1-4H3. The molecule has 0 saturated heterocycles. The van der Waals surface area contributed by atoms with Crippen molar-refractivity contribution < 1.29 is 10.1 Å². The Labute approximate surface area is 85.5 Å². The first kappa shape index (κ1) is 11.2. The van der Waals surface area contributed by atoms with Crippen LogP contribution >= 0.6 is 0 Å². The van der Waals surface area contributed by atoms with Crippen LogP contribution in [-0.4, -0.2) is 5.26 Å². The van der Waals surface area contributed by atoms with Crippen LogP contribution < -0.4 is 0 Å². The molecule has 0 unspecified atom stereocenters. The SMILES string of the molecule is CC(C)c1ccccc1C(C)(C)OO. The fourth-order valence-electron chi connectivity index (χ4n) is 1.60. The number of benzene rings is 1. The maximum Gasteiger partial charge on any atom is 0.123 e. The average molecular weight is 194 g/mol. The van der Waals surface area contributed by atoms with Crippen molar-refractivity contribution in [2.75, 3.05) is 0 Å². The summed E-state index contributed by atoms with van der Waals surface area (Å²) in [5.74, 6) is 0.431. The van der Waals surface area contributed by atoms with Gasteiger partial charge >= 0.3 is 0 Å². The molecule has 78 valence electrons. The highest BCUT2D eigenvalue weighted by Gasteiger charge is 2.25. The largest absolute Gasteiger partial charge is 0.251 e. The molecule has 0 atom stereocenters. The lowest BCUT2D eigenvalue weighted by atomic mass is 9.88. The summed E-state index contributed by atoms with van der Waals surface area (Å²) in [6.45, 7) is 7.97. The first-order valence-corrected chi connectivity index (χ1v) is 4.91. The number of hydrogen-bond acceptors (Lipinski definition) is 2. The predicted molar refractivity (Wildman–Crippen MR) is 57.3 cm³/mol. The predicted octanol–water partition coefficient (Wildman–Crippen LogP) is 3.53. The van der Waals surface area contributed by atoms with Crippen molar-refractivity contribution in [3.8, 4) is 0 Å². The second-order valence-corrected chi connectivity index (χ2v) is 4.34. The Kier molecular flexibility index (Phi) is 3.29. The van der Waals surface area contributed by atoms with Crippen LogP contribution in [0.2, 0.25) is 0 Å². The highest BCUT2D eigenvalue weighted by Crippen LogP contribution is 2.30. The maximum absolute atomic E-state index is 8.85. The highest BCUT2D eigenvalue weighted by molar-refractivity contribution is 5.33. The van der Waals surface area contributed by atoms with Crippen LogP contribution in [-0.2, 0) is 10.5 Å². The smallest absolute Gasteiger partial charge is 0.123 e. The summed E-state index contributed by atoms with van der Waals surface area (Å²) in [6.07, 6.45) is 0. The van der Waals surface area contributed by atoms with Crippen molar-refractivity contribution in [3.05, 3.63) is 35.4 Å². The minimum absolute atomic E-state index is 0.431. The van der Waals surface area contributed by atoms with E-state index in [1.54, 1.807) is 0 Å². The Morgan fingerprint density at radius 3 is 2.29 bits per heavy atom. The number of rotatable bonds is 3. The summed E-state index contributed by atoms with van der Waals surface area (Å²) in [7, 11) is 0. The molecule has 0 aliphatic rings. The zero-order valence-corrected chi connectivity index (χ0v) is 9.24. The van der Waals surface area contributed by atoms with Crippen LogP contribution in [0.1, 0.15) is 44.7 Å². The van der Waals surface area contributed by atoms with Crippen molar-refractivity contribution >= 4 is 0 Å². The molecule has 14 heavy (non-hydrogen) atoms. The zero-order valence-electron chi connectivity index (χ0n) is 9.24. The molecular weight excluding hydrogens is 176 g/mol. The Balaban J connectivity index is 3.20. The molecule has 0 amide bonds. The number of hydrogen-bond donors (Lipinski definition) is 1. The van der Waals surface area contributed by atoms with Gasteiger partial charge in [0.15, 0.2) is 0 Å². The third-order valence-corrected chi connectivity index (χ3v) is 2.46. The molecule has 0 aliphatic carbocycles. The normalized spacial score (nSPS) is 12.1. The van der Waals surface area contributed by atoms with Crippen molar-refractivity contribution in [2.45, 2.75) is 39.2 Å². The first-order valence-electron chi connectivity index (χ1n) is 4.91. The summed E-state index contributed by atoms with van der Waals surface area (Å²) in [5, 5.41) is 8.85. The Bertz CT molecular complexity index is 303. The third-order valence-electron chi connectivity index (χ3n) is 2.46. The van der Waals surface area contributed by atoms with Crippen LogP contribution in [0.3, 0.4) is 0 Å². The van der Waals surface area contributed by atoms with Gasteiger partial charge < -0.3 is 0 Å². The van der Waals surface area contributed by atoms with Gasteiger partial charge in [-0.2, -0.15) is 0 Å². The van der Waals surface area contributed by atoms with E-state index in [0.29, 0.717) is 5.92 Å². The Morgan fingerprint density at radius 2 is 1.79 bits per heavy atom. The van der Waals surface area contributed by atoms with Gasteiger partial charge in [-0.3, -0.25) is 5.26 Å². The van der Waals surface area contributed by atoms with Crippen LogP contribution in [0.4, 0.5) is 0 Å². The van der Waals surface area contributed by atoms with Crippen molar-refractivity contribution in [1.82, 2.24) is 0 Å². The minimum atomic E-state index is -0.638. The molecule has 1 N–H and O–H groups in total. The highest BCUT2D eigenvalue weighted by atomic mass is 17.1. The molecule has 2 heteroatoms. The monoisotopic (exact) mass is 194 g/mol. The second kappa shape index (κ2) is 4.11. The van der Waals surface area contributed by atoms with Gasteiger partial charge in [-0.15, -0.1) is 0 Å². The van der Waals surface area contributed by atoms with E-state index in [4.69, 9.17) is 5.26 Å². The summed E-state index contributed by atoms with van der Waals surface area (Å²) < 4.78 is 0. The maximum atomic E-state index is 8.85. The molecule has 0 spiro atoms. The van der Waals surface area contributed by atoms with Gasteiger partial charge in [0.05, 0.1) is 0 Å². The summed E-state index contributed by atoms with van der Waals surface area (Å²) in [6, 6.07) is 8.03. The van der Waals surface area contributed by atoms with E-state index in [9.17, 15) is 0 Å². The molecular formula is C12H18O2. The first-order chi connectivity index (χ1) is 6.49. The zero-order chi connectivity index (χ0) is 10.8. The van der Waals surface area contributed by atoms with Crippen LogP contribution in [0.5, 0.6) is 0 Å². The average Bonchev–Trinajstić information content (AvgIpc) is 2.18. The molecule has 0 radical (unpaired) electrons. The van der Waals surface area contributed by atoms with E-state index in [1.165, 1.54) is 5.56 Å². The second-order valence-electron chi connectivity index (χ2n) is 4.34. The van der Waals surface area contributed by atoms with Gasteiger partial charge in [-0.25, -0.2) is 4.89 Å². The van der Waals surface area contributed by atoms with Gasteiger partial charge in [-0.05, 0) is 30.9 Å². The van der Waals surface area contributed by atoms with E-state index in [2.05, 4.69) is 24.8 Å². The van der Waals surface area contributed by atoms with E-state index >= 15 is 0 Å². The van der Waals surface area contributed by atoms with E-state index in [1.807, 2.05) is 32.0 Å². The molecule has 2 nitrogen and oxygen atoms in total. The third kappa shape index (κ3) is 2.14. The summed E-state index contributed by atoms with van der Waals surface area (Å²) in [4.78, 5) is 4.51. The van der Waals surface area contributed by atoms with Crippen molar-refractivity contribution in [1.29, 1.82) is 0 Å². The quantitative estimate of drug-likeness (QED) is 0.589. The lowest BCUT2D eigenvalue weighted by molar-refractivity contribution is -0.318. The van der Waals surface area contributed by atoms with Gasteiger partial charge in [0.2, 0.25) is 0 Å². The fraction of sp³-hybridized carbons (Fsp3) is 0.500. The topological polar surface area (TPSA) is 29.5 Å². The molecule has 0 heterocycles. The Morgan fingerprint density at radius 1 is 1.21 bits per heavy atom. The molecule has 1 rings (SSSR count). The lowest BCUT2D eigenvalue weighted by Crippen LogP contribution is -2.22. The molecule has 1 aromatic rings. The van der Waals surface area contributed by atoms with Crippen molar-refractivity contribution in [2.24, 2.45) is 0 Å². The molecule has 0 aliphatic heterocycles. The lowest BCUT2D eigenvalue weighted by Gasteiger charge is -2.25. The molecule has 0 saturated carbocycles. The van der Waals surface area contributed by atoms with Crippen LogP contribution in [0, 0.1) is 0 Å². The van der Waals surface area contributed by atoms with Gasteiger partial charge in [0.25, 0.3) is 0 Å². The summed E-state index contributed by atoms with van der Waals surface area (Å²) >= 11 is 0. The fourth-order valence-corrected chi connectivity index (χ4v) is 1.60.